The minimum absolute atomic E-state index is 0.212. The van der Waals surface area contributed by atoms with Gasteiger partial charge in [0.25, 0.3) is 5.91 Å². The zero-order valence-electron chi connectivity index (χ0n) is 11.0. The number of rotatable bonds is 4. The van der Waals surface area contributed by atoms with Crippen LogP contribution in [0, 0.1) is 5.92 Å². The number of nitrogens with one attached hydrogen (secondary N) is 1. The van der Waals surface area contributed by atoms with E-state index in [2.05, 4.69) is 5.32 Å². The summed E-state index contributed by atoms with van der Waals surface area (Å²) < 4.78 is 0. The number of carboxylic acid groups (broad SMARTS) is 1. The lowest BCUT2D eigenvalue weighted by Gasteiger charge is -2.29. The Bertz CT molecular complexity index is 499. The Hall–Kier alpha value is -1.59. The molecule has 0 spiro atoms. The first kappa shape index (κ1) is 14.8. The number of aliphatic carboxylic acids is 1. The van der Waals surface area contributed by atoms with Gasteiger partial charge < -0.3 is 10.4 Å². The smallest absolute Gasteiger partial charge is 0.306 e. The minimum atomic E-state index is -0.732. The lowest BCUT2D eigenvalue weighted by Crippen LogP contribution is -2.43. The molecule has 0 radical (unpaired) electrons. The van der Waals surface area contributed by atoms with Crippen LogP contribution < -0.4 is 5.32 Å². The second-order valence-corrected chi connectivity index (χ2v) is 5.28. The predicted molar refractivity (Wildman–Crippen MR) is 75.7 cm³/mol. The molecule has 1 heterocycles. The summed E-state index contributed by atoms with van der Waals surface area (Å²) in [5.41, 5.74) is 0.453. The monoisotopic (exact) mass is 296 g/mol. The Morgan fingerprint density at radius 2 is 1.95 bits per heavy atom. The lowest BCUT2D eigenvalue weighted by atomic mass is 9.97. The van der Waals surface area contributed by atoms with E-state index in [4.69, 9.17) is 16.7 Å². The molecule has 1 aromatic rings. The molecule has 1 amide bonds. The molecule has 2 rings (SSSR count). The van der Waals surface area contributed by atoms with E-state index in [9.17, 15) is 9.59 Å². The van der Waals surface area contributed by atoms with Crippen molar-refractivity contribution in [2.45, 2.75) is 12.8 Å². The fourth-order valence-corrected chi connectivity index (χ4v) is 2.48. The molecule has 1 fully saturated rings. The van der Waals surface area contributed by atoms with Gasteiger partial charge in [-0.05, 0) is 25.0 Å². The molecule has 5 nitrogen and oxygen atoms in total. The number of nitrogens with zero attached hydrogens (tertiary/aromatic N) is 1. The Morgan fingerprint density at radius 3 is 2.55 bits per heavy atom. The van der Waals surface area contributed by atoms with Gasteiger partial charge in [-0.1, -0.05) is 23.7 Å². The molecule has 0 saturated carbocycles. The van der Waals surface area contributed by atoms with Gasteiger partial charge in [0.05, 0.1) is 23.2 Å². The molecule has 1 aliphatic rings. The van der Waals surface area contributed by atoms with Crippen LogP contribution >= 0.6 is 11.6 Å². The largest absolute Gasteiger partial charge is 0.481 e. The summed E-state index contributed by atoms with van der Waals surface area (Å²) in [6, 6.07) is 6.89. The third-order valence-corrected chi connectivity index (χ3v) is 3.85. The average Bonchev–Trinajstić information content (AvgIpc) is 2.45. The number of halogens is 1. The van der Waals surface area contributed by atoms with Crippen LogP contribution in [-0.4, -0.2) is 41.6 Å². The van der Waals surface area contributed by atoms with Crippen molar-refractivity contribution in [1.29, 1.82) is 0 Å². The van der Waals surface area contributed by atoms with Crippen molar-refractivity contribution in [1.82, 2.24) is 10.2 Å². The van der Waals surface area contributed by atoms with Gasteiger partial charge in [-0.25, -0.2) is 0 Å². The molecule has 0 aromatic heterocycles. The summed E-state index contributed by atoms with van der Waals surface area (Å²) >= 11 is 5.95. The van der Waals surface area contributed by atoms with Gasteiger partial charge in [-0.2, -0.15) is 0 Å². The van der Waals surface area contributed by atoms with Crippen molar-refractivity contribution in [2.24, 2.45) is 5.92 Å². The third kappa shape index (κ3) is 3.71. The van der Waals surface area contributed by atoms with Crippen molar-refractivity contribution < 1.29 is 14.7 Å². The summed E-state index contributed by atoms with van der Waals surface area (Å²) in [6.07, 6.45) is 1.24. The van der Waals surface area contributed by atoms with Gasteiger partial charge in [-0.15, -0.1) is 0 Å². The quantitative estimate of drug-likeness (QED) is 0.889. The molecule has 1 saturated heterocycles. The molecule has 108 valence electrons. The van der Waals surface area contributed by atoms with Crippen molar-refractivity contribution in [2.75, 3.05) is 19.8 Å². The molecule has 0 atom stereocenters. The van der Waals surface area contributed by atoms with Gasteiger partial charge >= 0.3 is 5.97 Å². The summed E-state index contributed by atoms with van der Waals surface area (Å²) in [5.74, 6) is -1.20. The molecule has 1 aliphatic heterocycles. The summed E-state index contributed by atoms with van der Waals surface area (Å²) in [4.78, 5) is 24.8. The molecule has 20 heavy (non-hydrogen) atoms. The first-order valence-corrected chi connectivity index (χ1v) is 6.93. The van der Waals surface area contributed by atoms with E-state index in [-0.39, 0.29) is 11.8 Å². The molecule has 0 bridgehead atoms. The number of likely N-dealkylation sites (tertiary alicyclic amines) is 1. The topological polar surface area (TPSA) is 69.6 Å². The van der Waals surface area contributed by atoms with E-state index in [0.29, 0.717) is 43.2 Å². The maximum absolute atomic E-state index is 12.0. The molecule has 2 N–H and O–H groups in total. The van der Waals surface area contributed by atoms with Crippen LogP contribution in [0.25, 0.3) is 0 Å². The SMILES string of the molecule is O=C(NCN1CCC(C(=O)O)CC1)c1ccccc1Cl. The maximum atomic E-state index is 12.0. The van der Waals surface area contributed by atoms with Crippen molar-refractivity contribution in [3.05, 3.63) is 34.9 Å². The first-order chi connectivity index (χ1) is 9.58. The zero-order valence-corrected chi connectivity index (χ0v) is 11.8. The van der Waals surface area contributed by atoms with E-state index >= 15 is 0 Å². The summed E-state index contributed by atoms with van der Waals surface area (Å²) in [7, 11) is 0. The van der Waals surface area contributed by atoms with Gasteiger partial charge in [0.15, 0.2) is 0 Å². The van der Waals surface area contributed by atoms with Crippen LogP contribution in [0.5, 0.6) is 0 Å². The Kier molecular flexibility index (Phi) is 4.98. The number of carbonyl (C=O) groups excluding carboxylic acids is 1. The van der Waals surface area contributed by atoms with E-state index in [1.54, 1.807) is 24.3 Å². The maximum Gasteiger partial charge on any atom is 0.306 e. The number of carbonyl (C=O) groups is 2. The summed E-state index contributed by atoms with van der Waals surface area (Å²) in [6.45, 7) is 1.77. The van der Waals surface area contributed by atoms with Crippen LogP contribution in [-0.2, 0) is 4.79 Å². The van der Waals surface area contributed by atoms with Crippen LogP contribution in [0.3, 0.4) is 0 Å². The molecule has 6 heteroatoms. The second-order valence-electron chi connectivity index (χ2n) is 4.87. The van der Waals surface area contributed by atoms with Crippen LogP contribution in [0.2, 0.25) is 5.02 Å². The molecular formula is C14H17ClN2O3. The molecule has 0 unspecified atom stereocenters. The highest BCUT2D eigenvalue weighted by Gasteiger charge is 2.24. The molecule has 0 aliphatic carbocycles. The number of carboxylic acids is 1. The fraction of sp³-hybridized carbons (Fsp3) is 0.429. The van der Waals surface area contributed by atoms with Crippen molar-refractivity contribution in [3.63, 3.8) is 0 Å². The number of hydrogen-bond acceptors (Lipinski definition) is 3. The molecule has 1 aromatic carbocycles. The highest BCUT2D eigenvalue weighted by molar-refractivity contribution is 6.33. The van der Waals surface area contributed by atoms with Gasteiger partial charge in [0.1, 0.15) is 0 Å². The van der Waals surface area contributed by atoms with Crippen molar-refractivity contribution in [3.8, 4) is 0 Å². The third-order valence-electron chi connectivity index (χ3n) is 3.52. The number of benzene rings is 1. The van der Waals surface area contributed by atoms with E-state index < -0.39 is 5.97 Å². The van der Waals surface area contributed by atoms with Crippen LogP contribution in [0.1, 0.15) is 23.2 Å². The van der Waals surface area contributed by atoms with Gasteiger partial charge in [-0.3, -0.25) is 14.5 Å². The Labute approximate surface area is 122 Å². The summed E-state index contributed by atoms with van der Waals surface area (Å²) in [5, 5.41) is 12.2. The predicted octanol–water partition coefficient (Wildman–Crippen LogP) is 1.82. The number of hydrogen-bond donors (Lipinski definition) is 2. The van der Waals surface area contributed by atoms with Gasteiger partial charge in [0, 0.05) is 13.1 Å². The fourth-order valence-electron chi connectivity index (χ4n) is 2.26. The van der Waals surface area contributed by atoms with E-state index in [0.717, 1.165) is 0 Å². The van der Waals surface area contributed by atoms with Crippen LogP contribution in [0.4, 0.5) is 0 Å². The Balaban J connectivity index is 1.80. The van der Waals surface area contributed by atoms with E-state index in [1.165, 1.54) is 0 Å². The number of piperidine rings is 1. The average molecular weight is 297 g/mol. The first-order valence-electron chi connectivity index (χ1n) is 6.56. The second kappa shape index (κ2) is 6.72. The normalized spacial score (nSPS) is 16.9. The Morgan fingerprint density at radius 1 is 1.30 bits per heavy atom. The zero-order chi connectivity index (χ0) is 14.5. The van der Waals surface area contributed by atoms with E-state index in [1.807, 2.05) is 4.90 Å². The van der Waals surface area contributed by atoms with Gasteiger partial charge in [0.2, 0.25) is 0 Å². The van der Waals surface area contributed by atoms with Crippen molar-refractivity contribution >= 4 is 23.5 Å². The van der Waals surface area contributed by atoms with Crippen LogP contribution in [0.15, 0.2) is 24.3 Å². The number of amides is 1. The highest BCUT2D eigenvalue weighted by atomic mass is 35.5. The minimum Gasteiger partial charge on any atom is -0.481 e. The highest BCUT2D eigenvalue weighted by Crippen LogP contribution is 2.17. The molecular weight excluding hydrogens is 280 g/mol. The standard InChI is InChI=1S/C14H17ClN2O3/c15-12-4-2-1-3-11(12)13(18)16-9-17-7-5-10(6-8-17)14(19)20/h1-4,10H,5-9H2,(H,16,18)(H,19,20). The lowest BCUT2D eigenvalue weighted by molar-refractivity contribution is -0.143.